The summed E-state index contributed by atoms with van der Waals surface area (Å²) in [5.41, 5.74) is 12.9. The molecule has 0 unspecified atom stereocenters. The van der Waals surface area contributed by atoms with Gasteiger partial charge in [-0.25, -0.2) is 38.6 Å². The van der Waals surface area contributed by atoms with Crippen molar-refractivity contribution in [1.82, 2.24) is 19.5 Å². The molecule has 0 aliphatic rings. The Kier molecular flexibility index (Phi) is 16.1. The Bertz CT molecular complexity index is 3730. The van der Waals surface area contributed by atoms with Crippen molar-refractivity contribution >= 4 is 94.5 Å². The molecule has 0 fully saturated rings. The summed E-state index contributed by atoms with van der Waals surface area (Å²) in [6.07, 6.45) is 0. The highest BCUT2D eigenvalue weighted by Gasteiger charge is 2.06. The van der Waals surface area contributed by atoms with Crippen LogP contribution in [0.4, 0.5) is 34.1 Å². The Balaban J connectivity index is 0.000000151. The first-order chi connectivity index (χ1) is 32.1. The average molecular weight is 966 g/mol. The molecule has 67 heavy (non-hydrogen) atoms. The van der Waals surface area contributed by atoms with Crippen LogP contribution in [-0.4, -0.2) is 36.8 Å². The molecule has 21 heteroatoms. The number of phenolic OH excluding ortho intramolecular Hbond substituents is 2. The van der Waals surface area contributed by atoms with E-state index in [0.29, 0.717) is 67.5 Å². The summed E-state index contributed by atoms with van der Waals surface area (Å²) in [7, 11) is 3.35. The third kappa shape index (κ3) is 13.0. The third-order valence-corrected chi connectivity index (χ3v) is 9.16. The third-order valence-electron chi connectivity index (χ3n) is 8.67. The number of hydrogen-bond donors (Lipinski definition) is 7. The highest BCUT2D eigenvalue weighted by molar-refractivity contribution is 9.10. The first kappa shape index (κ1) is 48.1. The van der Waals surface area contributed by atoms with Crippen molar-refractivity contribution in [3.05, 3.63) is 208 Å². The summed E-state index contributed by atoms with van der Waals surface area (Å²) in [6.45, 7) is 26.7. The van der Waals surface area contributed by atoms with Crippen LogP contribution in [0.25, 0.3) is 63.8 Å². The van der Waals surface area contributed by atoms with Crippen LogP contribution in [0.5, 0.6) is 11.5 Å². The van der Waals surface area contributed by atoms with Gasteiger partial charge in [-0.2, -0.15) is 0 Å². The number of nitrogens with zero attached hydrogens (tertiary/aromatic N) is 5. The molecule has 0 saturated heterocycles. The lowest BCUT2D eigenvalue weighted by molar-refractivity contribution is 0.477. The number of oxazole rings is 4. The van der Waals surface area contributed by atoms with Crippen molar-refractivity contribution in [1.29, 1.82) is 0 Å². The number of aromatic amines is 3. The fourth-order valence-electron chi connectivity index (χ4n) is 5.41. The number of fused-ring (bicyclic) bond motifs is 4. The van der Waals surface area contributed by atoms with Crippen molar-refractivity contribution in [2.24, 2.45) is 7.05 Å². The van der Waals surface area contributed by atoms with Crippen LogP contribution in [-0.2, 0) is 7.05 Å². The number of hydrogen-bond acceptors (Lipinski definition) is 12. The standard InChI is InChI=1S/C9H6N2O2.C8H4N2O2.C8H8N2O.C7H4BrNO2.C7H6N2O.C7H5NO2/c1-10-6-3-4-7-8(5-6)13-9(12)11(7)2;1-9-5-2-3-6-7(4-5)12-8(11)10-6;1-9-6-3-4-7(10-2)8(11)5-6;8-4-1-2-5-6(3-4)11-7(10)9-5;1-9-5-2-3-6(8)7(10)4-5;9-7-8-5-3-1-2-4-6(5)10-7/h3-5H,2H3;2-4H,(H,10,11);3-5,10-11H,2H3;1-3H,(H,9,10);2-4,10H,8H2;1-4H,(H,8,9). The molecule has 20 nitrogen and oxygen atoms in total. The minimum Gasteiger partial charge on any atom is -0.507 e. The van der Waals surface area contributed by atoms with Gasteiger partial charge in [-0.15, -0.1) is 0 Å². The number of para-hydroxylation sites is 2. The summed E-state index contributed by atoms with van der Waals surface area (Å²) in [6, 6.07) is 31.4. The van der Waals surface area contributed by atoms with Crippen molar-refractivity contribution in [3.63, 3.8) is 0 Å². The van der Waals surface area contributed by atoms with Crippen LogP contribution >= 0.6 is 15.9 Å². The molecule has 0 amide bonds. The Hall–Kier alpha value is -9.96. The van der Waals surface area contributed by atoms with E-state index < -0.39 is 23.0 Å². The molecule has 0 spiro atoms. The fourth-order valence-corrected chi connectivity index (χ4v) is 5.75. The van der Waals surface area contributed by atoms with Crippen LogP contribution in [0.3, 0.4) is 0 Å². The van der Waals surface area contributed by atoms with Gasteiger partial charge < -0.3 is 38.9 Å². The fraction of sp³-hybridized carbons (Fsp3) is 0.0435. The maximum atomic E-state index is 11.1. The number of aromatic nitrogens is 4. The van der Waals surface area contributed by atoms with Crippen LogP contribution in [0, 0.1) is 26.3 Å². The second-order valence-electron chi connectivity index (χ2n) is 13.1. The van der Waals surface area contributed by atoms with Crippen LogP contribution < -0.4 is 34.1 Å². The number of nitrogens with one attached hydrogen (secondary N) is 4. The van der Waals surface area contributed by atoms with Crippen molar-refractivity contribution in [2.75, 3.05) is 18.1 Å². The minimum atomic E-state index is -0.493. The number of phenols is 2. The molecule has 4 aromatic heterocycles. The van der Waals surface area contributed by atoms with E-state index in [0.717, 1.165) is 15.5 Å². The summed E-state index contributed by atoms with van der Waals surface area (Å²) < 4.78 is 21.5. The number of halogens is 1. The van der Waals surface area contributed by atoms with Gasteiger partial charge in [0, 0.05) is 18.6 Å². The molecule has 4 heterocycles. The quantitative estimate of drug-likeness (QED) is 0.0460. The van der Waals surface area contributed by atoms with Crippen LogP contribution in [0.2, 0.25) is 0 Å². The number of H-pyrrole nitrogens is 3. The molecular formula is C46H33BrN10O10. The second-order valence-corrected chi connectivity index (χ2v) is 14.0. The molecule has 6 aromatic carbocycles. The number of nitrogens with two attached hydrogens (primary N) is 1. The van der Waals surface area contributed by atoms with E-state index in [1.165, 1.54) is 28.8 Å². The maximum Gasteiger partial charge on any atom is 0.419 e. The van der Waals surface area contributed by atoms with Gasteiger partial charge in [-0.3, -0.25) is 19.5 Å². The maximum absolute atomic E-state index is 11.1. The number of nitrogen functional groups attached to an aromatic ring is 1. The van der Waals surface area contributed by atoms with E-state index in [4.69, 9.17) is 54.8 Å². The summed E-state index contributed by atoms with van der Waals surface area (Å²) >= 11 is 3.27. The molecular weight excluding hydrogens is 932 g/mol. The van der Waals surface area contributed by atoms with Gasteiger partial charge in [0.2, 0.25) is 0 Å². The van der Waals surface area contributed by atoms with Crippen molar-refractivity contribution in [3.8, 4) is 11.5 Å². The Labute approximate surface area is 384 Å². The van der Waals surface area contributed by atoms with Gasteiger partial charge in [-0.05, 0) is 78.9 Å². The Morgan fingerprint density at radius 3 is 1.58 bits per heavy atom. The molecule has 0 aliphatic carbocycles. The highest BCUT2D eigenvalue weighted by Crippen LogP contribution is 2.28. The van der Waals surface area contributed by atoms with E-state index in [-0.39, 0.29) is 11.5 Å². The lowest BCUT2D eigenvalue weighted by atomic mass is 10.2. The molecule has 0 bridgehead atoms. The van der Waals surface area contributed by atoms with E-state index in [1.54, 1.807) is 86.9 Å². The number of aryl methyl sites for hydroxylation is 1. The molecule has 8 N–H and O–H groups in total. The Morgan fingerprint density at radius 2 is 1.03 bits per heavy atom. The van der Waals surface area contributed by atoms with Crippen LogP contribution in [0.1, 0.15) is 0 Å². The van der Waals surface area contributed by atoms with Gasteiger partial charge in [0.25, 0.3) is 0 Å². The predicted molar refractivity (Wildman–Crippen MR) is 255 cm³/mol. The highest BCUT2D eigenvalue weighted by atomic mass is 79.9. The monoisotopic (exact) mass is 964 g/mol. The number of aromatic hydroxyl groups is 2. The number of anilines is 2. The van der Waals surface area contributed by atoms with E-state index in [9.17, 15) is 24.3 Å². The number of rotatable bonds is 1. The molecule has 0 atom stereocenters. The molecule has 0 saturated carbocycles. The number of benzene rings is 6. The van der Waals surface area contributed by atoms with Crippen LogP contribution in [0.15, 0.2) is 157 Å². The first-order valence-electron chi connectivity index (χ1n) is 18.8. The van der Waals surface area contributed by atoms with Crippen molar-refractivity contribution < 1.29 is 27.9 Å². The van der Waals surface area contributed by atoms with E-state index >= 15 is 0 Å². The van der Waals surface area contributed by atoms with Gasteiger partial charge >= 0.3 is 23.0 Å². The summed E-state index contributed by atoms with van der Waals surface area (Å²) in [5, 5.41) is 21.0. The molecule has 0 aliphatic heterocycles. The lowest BCUT2D eigenvalue weighted by Gasteiger charge is -2.02. The van der Waals surface area contributed by atoms with Gasteiger partial charge in [0.15, 0.2) is 33.9 Å². The lowest BCUT2D eigenvalue weighted by Crippen LogP contribution is -2.08. The zero-order valence-corrected chi connectivity index (χ0v) is 36.4. The zero-order chi connectivity index (χ0) is 48.6. The molecule has 10 aromatic rings. The molecule has 0 radical (unpaired) electrons. The van der Waals surface area contributed by atoms with E-state index in [1.807, 2.05) is 18.2 Å². The average Bonchev–Trinajstić information content (AvgIpc) is 4.09. The SMILES string of the molecule is O=c1[nH]c2ccc(Br)cc2o1.O=c1[nH]c2ccccc2o1.[C-]#[N+]c1ccc(N)c(O)c1.[C-]#[N+]c1ccc(NC)c(O)c1.[C-]#[N+]c1ccc2[nH]c(=O)oc2c1.[C-]#[N+]c1ccc2c(c1)oc(=O)n2C. The minimum absolute atomic E-state index is 0.0338. The Morgan fingerprint density at radius 1 is 0.567 bits per heavy atom. The van der Waals surface area contributed by atoms with Gasteiger partial charge in [-0.1, -0.05) is 52.3 Å². The van der Waals surface area contributed by atoms with E-state index in [2.05, 4.69) is 55.6 Å². The van der Waals surface area contributed by atoms with Gasteiger partial charge in [0.1, 0.15) is 22.7 Å². The normalized spacial score (nSPS) is 9.78. The molecule has 10 rings (SSSR count). The topological polar surface area (TPSA) is 269 Å². The summed E-state index contributed by atoms with van der Waals surface area (Å²) in [5.74, 6) is -1.64. The predicted octanol–water partition coefficient (Wildman–Crippen LogP) is 9.87. The first-order valence-corrected chi connectivity index (χ1v) is 19.6. The summed E-state index contributed by atoms with van der Waals surface area (Å²) in [4.78, 5) is 63.3. The molecule has 334 valence electrons. The van der Waals surface area contributed by atoms with Crippen molar-refractivity contribution in [2.45, 2.75) is 0 Å². The largest absolute Gasteiger partial charge is 0.507 e. The second kappa shape index (κ2) is 22.4. The zero-order valence-electron chi connectivity index (χ0n) is 34.8. The smallest absolute Gasteiger partial charge is 0.419 e. The van der Waals surface area contributed by atoms with Gasteiger partial charge in [0.05, 0.1) is 59.7 Å².